The zero-order valence-electron chi connectivity index (χ0n) is 21.4. The van der Waals surface area contributed by atoms with Crippen LogP contribution in [0.3, 0.4) is 0 Å². The van der Waals surface area contributed by atoms with Crippen molar-refractivity contribution in [2.24, 2.45) is 40.4 Å². The maximum Gasteiger partial charge on any atom is 0.0790 e. The van der Waals surface area contributed by atoms with E-state index in [0.717, 1.165) is 61.3 Å². The number of aliphatic hydroxyl groups excluding tert-OH is 1. The quantitative estimate of drug-likeness (QED) is 0.457. The molecule has 2 heteroatoms. The average Bonchev–Trinajstić information content (AvgIpc) is 3.15. The van der Waals surface area contributed by atoms with E-state index < -0.39 is 5.60 Å². The minimum Gasteiger partial charge on any atom is -0.390 e. The van der Waals surface area contributed by atoms with E-state index in [1.807, 2.05) is 25.1 Å². The van der Waals surface area contributed by atoms with Gasteiger partial charge in [0.15, 0.2) is 0 Å². The van der Waals surface area contributed by atoms with E-state index in [-0.39, 0.29) is 6.10 Å². The molecular formula is C31H46O2. The lowest BCUT2D eigenvalue weighted by Crippen LogP contribution is -2.52. The van der Waals surface area contributed by atoms with Crippen molar-refractivity contribution >= 4 is 0 Å². The molecule has 0 aliphatic heterocycles. The molecule has 2 N–H and O–H groups in total. The highest BCUT2D eigenvalue weighted by molar-refractivity contribution is 5.27. The number of rotatable bonds is 5. The van der Waals surface area contributed by atoms with Crippen molar-refractivity contribution in [1.82, 2.24) is 0 Å². The standard InChI is InChI=1S/C31H46O2/c1-21(10-15-28(32)22-8-6-5-7-9-22)25-13-14-26-24-12-11-23-20-29(2,33)18-19-30(23,3)27(24)16-17-31(25,26)4/h5-9,11,21,24-28,32-33H,10,12-20H2,1-4H3/t21-,24+,25-,26+,27+,28?,29+,30+,31-/m1/s1. The summed E-state index contributed by atoms with van der Waals surface area (Å²) in [5, 5.41) is 21.4. The molecule has 0 bridgehead atoms. The minimum absolute atomic E-state index is 0.315. The molecule has 9 atom stereocenters. The second kappa shape index (κ2) is 8.52. The summed E-state index contributed by atoms with van der Waals surface area (Å²) in [5.74, 6) is 3.94. The van der Waals surface area contributed by atoms with Crippen molar-refractivity contribution in [3.8, 4) is 0 Å². The Morgan fingerprint density at radius 2 is 1.70 bits per heavy atom. The van der Waals surface area contributed by atoms with Gasteiger partial charge in [-0.15, -0.1) is 0 Å². The molecule has 1 aromatic carbocycles. The Hall–Kier alpha value is -1.12. The Bertz CT molecular complexity index is 872. The van der Waals surface area contributed by atoms with Gasteiger partial charge in [-0.1, -0.05) is 62.8 Å². The van der Waals surface area contributed by atoms with Crippen LogP contribution in [0.1, 0.15) is 104 Å². The third-order valence-corrected chi connectivity index (χ3v) is 11.2. The molecule has 4 aliphatic rings. The van der Waals surface area contributed by atoms with Crippen molar-refractivity contribution in [2.45, 2.75) is 104 Å². The maximum absolute atomic E-state index is 10.7. The van der Waals surface area contributed by atoms with Gasteiger partial charge in [-0.3, -0.25) is 0 Å². The van der Waals surface area contributed by atoms with Crippen LogP contribution in [0.15, 0.2) is 42.0 Å². The molecule has 3 fully saturated rings. The van der Waals surface area contributed by atoms with E-state index in [0.29, 0.717) is 16.7 Å². The Morgan fingerprint density at radius 3 is 2.45 bits per heavy atom. The lowest BCUT2D eigenvalue weighted by molar-refractivity contribution is -0.0708. The van der Waals surface area contributed by atoms with Crippen LogP contribution in [0.2, 0.25) is 0 Å². The van der Waals surface area contributed by atoms with Crippen molar-refractivity contribution in [3.05, 3.63) is 47.5 Å². The summed E-state index contributed by atoms with van der Waals surface area (Å²) in [5.41, 5.74) is 2.90. The van der Waals surface area contributed by atoms with Gasteiger partial charge in [0, 0.05) is 0 Å². The van der Waals surface area contributed by atoms with Gasteiger partial charge in [-0.25, -0.2) is 0 Å². The predicted molar refractivity (Wildman–Crippen MR) is 136 cm³/mol. The molecule has 0 radical (unpaired) electrons. The van der Waals surface area contributed by atoms with Gasteiger partial charge in [0.2, 0.25) is 0 Å². The van der Waals surface area contributed by atoms with Crippen LogP contribution in [-0.2, 0) is 0 Å². The molecule has 182 valence electrons. The maximum atomic E-state index is 10.7. The first-order chi connectivity index (χ1) is 15.6. The number of hydrogen-bond acceptors (Lipinski definition) is 2. The first-order valence-electron chi connectivity index (χ1n) is 13.8. The summed E-state index contributed by atoms with van der Waals surface area (Å²) in [7, 11) is 0. The molecule has 0 heterocycles. The Balaban J connectivity index is 1.28. The summed E-state index contributed by atoms with van der Waals surface area (Å²) in [6, 6.07) is 10.2. The van der Waals surface area contributed by atoms with Gasteiger partial charge in [-0.2, -0.15) is 0 Å². The van der Waals surface area contributed by atoms with Crippen LogP contribution in [0.4, 0.5) is 0 Å². The molecule has 0 saturated heterocycles. The Kier molecular flexibility index (Phi) is 6.10. The number of hydrogen-bond donors (Lipinski definition) is 2. The van der Waals surface area contributed by atoms with Crippen molar-refractivity contribution < 1.29 is 10.2 Å². The second-order valence-electron chi connectivity index (χ2n) is 13.1. The van der Waals surface area contributed by atoms with E-state index in [4.69, 9.17) is 0 Å². The van der Waals surface area contributed by atoms with Crippen molar-refractivity contribution in [3.63, 3.8) is 0 Å². The van der Waals surface area contributed by atoms with E-state index in [2.05, 4.69) is 39.0 Å². The average molecular weight is 451 g/mol. The molecule has 0 amide bonds. The third-order valence-electron chi connectivity index (χ3n) is 11.2. The van der Waals surface area contributed by atoms with E-state index in [9.17, 15) is 10.2 Å². The minimum atomic E-state index is -0.500. The molecule has 2 nitrogen and oxygen atoms in total. The van der Waals surface area contributed by atoms with Gasteiger partial charge in [-0.05, 0) is 117 Å². The number of fused-ring (bicyclic) bond motifs is 5. The van der Waals surface area contributed by atoms with Gasteiger partial charge >= 0.3 is 0 Å². The molecule has 33 heavy (non-hydrogen) atoms. The molecule has 1 unspecified atom stereocenters. The molecule has 1 aromatic rings. The highest BCUT2D eigenvalue weighted by atomic mass is 16.3. The lowest BCUT2D eigenvalue weighted by atomic mass is 9.46. The second-order valence-corrected chi connectivity index (χ2v) is 13.1. The summed E-state index contributed by atoms with van der Waals surface area (Å²) in [6.45, 7) is 9.66. The number of aliphatic hydroxyl groups is 2. The number of benzene rings is 1. The van der Waals surface area contributed by atoms with Crippen LogP contribution >= 0.6 is 0 Å². The highest BCUT2D eigenvalue weighted by Gasteiger charge is 2.59. The van der Waals surface area contributed by atoms with Crippen LogP contribution in [0, 0.1) is 40.4 Å². The monoisotopic (exact) mass is 450 g/mol. The first kappa shape index (κ1) is 23.6. The van der Waals surface area contributed by atoms with Gasteiger partial charge < -0.3 is 10.2 Å². The topological polar surface area (TPSA) is 40.5 Å². The zero-order valence-corrected chi connectivity index (χ0v) is 21.4. The molecule has 0 aromatic heterocycles. The van der Waals surface area contributed by atoms with E-state index in [1.165, 1.54) is 32.1 Å². The van der Waals surface area contributed by atoms with Crippen LogP contribution < -0.4 is 0 Å². The van der Waals surface area contributed by atoms with E-state index in [1.54, 1.807) is 5.57 Å². The van der Waals surface area contributed by atoms with Gasteiger partial charge in [0.05, 0.1) is 11.7 Å². The summed E-state index contributed by atoms with van der Waals surface area (Å²) in [4.78, 5) is 0. The van der Waals surface area contributed by atoms with Crippen molar-refractivity contribution in [2.75, 3.05) is 0 Å². The van der Waals surface area contributed by atoms with Crippen LogP contribution in [0.25, 0.3) is 0 Å². The molecule has 5 rings (SSSR count). The molecular weight excluding hydrogens is 404 g/mol. The largest absolute Gasteiger partial charge is 0.390 e. The fourth-order valence-electron chi connectivity index (χ4n) is 9.24. The van der Waals surface area contributed by atoms with Gasteiger partial charge in [0.25, 0.3) is 0 Å². The van der Waals surface area contributed by atoms with Crippen LogP contribution in [-0.4, -0.2) is 15.8 Å². The fraction of sp³-hybridized carbons (Fsp3) is 0.742. The number of allylic oxidation sites excluding steroid dienone is 1. The summed E-state index contributed by atoms with van der Waals surface area (Å²) >= 11 is 0. The third kappa shape index (κ3) is 4.04. The van der Waals surface area contributed by atoms with Crippen LogP contribution in [0.5, 0.6) is 0 Å². The van der Waals surface area contributed by atoms with Gasteiger partial charge in [0.1, 0.15) is 0 Å². The Labute approximate surface area is 201 Å². The van der Waals surface area contributed by atoms with E-state index >= 15 is 0 Å². The fourth-order valence-corrected chi connectivity index (χ4v) is 9.24. The molecule has 0 spiro atoms. The lowest BCUT2D eigenvalue weighted by Gasteiger charge is -2.59. The highest BCUT2D eigenvalue weighted by Crippen LogP contribution is 2.67. The summed E-state index contributed by atoms with van der Waals surface area (Å²) in [6.07, 6.45) is 14.0. The Morgan fingerprint density at radius 1 is 0.939 bits per heavy atom. The smallest absolute Gasteiger partial charge is 0.0790 e. The SMILES string of the molecule is C[C@H](CCC(O)c1ccccc1)[C@H]1CC[C@H]2[C@@H]3CC=C4C[C@@](C)(O)CC[C@]4(C)[C@H]3CC[C@]12C. The first-order valence-corrected chi connectivity index (χ1v) is 13.8. The summed E-state index contributed by atoms with van der Waals surface area (Å²) < 4.78 is 0. The molecule has 4 aliphatic carbocycles. The normalized spacial score (nSPS) is 44.2. The van der Waals surface area contributed by atoms with Crippen molar-refractivity contribution in [1.29, 1.82) is 0 Å². The zero-order chi connectivity index (χ0) is 23.4. The predicted octanol–water partition coefficient (Wildman–Crippen LogP) is 7.47. The molecule has 3 saturated carbocycles.